The normalized spacial score (nSPS) is 35.0. The molecule has 0 aromatic heterocycles. The number of hydrogen-bond donors (Lipinski definition) is 2. The lowest BCUT2D eigenvalue weighted by Gasteiger charge is -2.32. The number of nitrogens with one attached hydrogen (secondary N) is 2. The third kappa shape index (κ3) is 3.81. The smallest absolute Gasteiger partial charge is 0.407 e. The van der Waals surface area contributed by atoms with Gasteiger partial charge in [-0.25, -0.2) is 4.79 Å². The molecule has 3 saturated carbocycles. The van der Waals surface area contributed by atoms with Crippen LogP contribution in [0.5, 0.6) is 0 Å². The third-order valence-electron chi connectivity index (χ3n) is 5.80. The molecule has 3 aliphatic rings. The summed E-state index contributed by atoms with van der Waals surface area (Å²) in [5, 5.41) is 5.86. The first-order chi connectivity index (χ1) is 10.8. The van der Waals surface area contributed by atoms with Gasteiger partial charge in [-0.05, 0) is 70.1 Å². The topological polar surface area (TPSA) is 67.4 Å². The van der Waals surface area contributed by atoms with Crippen LogP contribution in [-0.2, 0) is 9.53 Å². The monoisotopic (exact) mass is 322 g/mol. The van der Waals surface area contributed by atoms with Gasteiger partial charge in [-0.1, -0.05) is 6.42 Å². The number of fused-ring (bicyclic) bond motifs is 5. The molecule has 3 fully saturated rings. The molecule has 2 N–H and O–H groups in total. The van der Waals surface area contributed by atoms with Crippen molar-refractivity contribution in [3.05, 3.63) is 0 Å². The molecule has 2 amide bonds. The lowest BCUT2D eigenvalue weighted by molar-refractivity contribution is -0.122. The van der Waals surface area contributed by atoms with Gasteiger partial charge in [0.15, 0.2) is 0 Å². The number of alkyl carbamates (subject to hydrolysis) is 1. The molecule has 130 valence electrons. The molecule has 5 nitrogen and oxygen atoms in total. The van der Waals surface area contributed by atoms with Crippen LogP contribution in [-0.4, -0.2) is 30.2 Å². The first kappa shape index (κ1) is 16.6. The predicted octanol–water partition coefficient (Wildman–Crippen LogP) is 2.84. The van der Waals surface area contributed by atoms with Crippen LogP contribution in [0.25, 0.3) is 0 Å². The van der Waals surface area contributed by atoms with Gasteiger partial charge in [0.25, 0.3) is 0 Å². The van der Waals surface area contributed by atoms with Gasteiger partial charge < -0.3 is 15.4 Å². The fourth-order valence-electron chi connectivity index (χ4n) is 5.11. The van der Waals surface area contributed by atoms with E-state index in [0.29, 0.717) is 24.9 Å². The Labute approximate surface area is 138 Å². The molecule has 23 heavy (non-hydrogen) atoms. The predicted molar refractivity (Wildman–Crippen MR) is 87.8 cm³/mol. The van der Waals surface area contributed by atoms with Crippen molar-refractivity contribution in [3.63, 3.8) is 0 Å². The largest absolute Gasteiger partial charge is 0.444 e. The second-order valence-electron chi connectivity index (χ2n) is 8.51. The molecule has 3 rings (SSSR count). The number of hydrogen-bond acceptors (Lipinski definition) is 3. The SMILES string of the molecule is CC(C)(C)OC(=O)NCCC(=O)N[C@@H]1C[C@H]2C[C@H]1[C@@H]1CCC[C@@H]21. The van der Waals surface area contributed by atoms with Crippen LogP contribution in [0, 0.1) is 23.7 Å². The summed E-state index contributed by atoms with van der Waals surface area (Å²) in [6.45, 7) is 5.80. The maximum atomic E-state index is 12.1. The molecule has 3 aliphatic carbocycles. The van der Waals surface area contributed by atoms with E-state index in [9.17, 15) is 9.59 Å². The molecule has 0 aliphatic heterocycles. The first-order valence-corrected chi connectivity index (χ1v) is 9.10. The summed E-state index contributed by atoms with van der Waals surface area (Å²) in [4.78, 5) is 23.7. The molecule has 2 bridgehead atoms. The summed E-state index contributed by atoms with van der Waals surface area (Å²) in [5.74, 6) is 3.40. The summed E-state index contributed by atoms with van der Waals surface area (Å²) in [6, 6.07) is 0.369. The number of ether oxygens (including phenoxy) is 1. The van der Waals surface area contributed by atoms with E-state index < -0.39 is 11.7 Å². The lowest BCUT2D eigenvalue weighted by Crippen LogP contribution is -2.43. The highest BCUT2D eigenvalue weighted by Gasteiger charge is 2.53. The van der Waals surface area contributed by atoms with Gasteiger partial charge in [-0.15, -0.1) is 0 Å². The van der Waals surface area contributed by atoms with E-state index >= 15 is 0 Å². The van der Waals surface area contributed by atoms with Gasteiger partial charge in [0.1, 0.15) is 5.60 Å². The van der Waals surface area contributed by atoms with Crippen molar-refractivity contribution in [2.45, 2.75) is 70.9 Å². The van der Waals surface area contributed by atoms with Crippen LogP contribution in [0.1, 0.15) is 59.3 Å². The van der Waals surface area contributed by atoms with Crippen molar-refractivity contribution in [2.24, 2.45) is 23.7 Å². The van der Waals surface area contributed by atoms with Gasteiger partial charge in [0.05, 0.1) is 0 Å². The van der Waals surface area contributed by atoms with Crippen LogP contribution in [0.2, 0.25) is 0 Å². The molecule has 0 saturated heterocycles. The zero-order valence-corrected chi connectivity index (χ0v) is 14.6. The van der Waals surface area contributed by atoms with Gasteiger partial charge in [-0.3, -0.25) is 4.79 Å². The second-order valence-corrected chi connectivity index (χ2v) is 8.51. The van der Waals surface area contributed by atoms with Crippen molar-refractivity contribution in [1.82, 2.24) is 10.6 Å². The van der Waals surface area contributed by atoms with Crippen molar-refractivity contribution in [2.75, 3.05) is 6.54 Å². The van der Waals surface area contributed by atoms with Gasteiger partial charge >= 0.3 is 6.09 Å². The first-order valence-electron chi connectivity index (χ1n) is 9.10. The van der Waals surface area contributed by atoms with Crippen LogP contribution >= 0.6 is 0 Å². The van der Waals surface area contributed by atoms with E-state index in [0.717, 1.165) is 24.2 Å². The molecule has 0 aromatic carbocycles. The molecular formula is C18H30N2O3. The van der Waals surface area contributed by atoms with E-state index in [4.69, 9.17) is 4.74 Å². The Morgan fingerprint density at radius 2 is 1.83 bits per heavy atom. The number of carbonyl (C=O) groups is 2. The number of amides is 2. The summed E-state index contributed by atoms with van der Waals surface area (Å²) in [7, 11) is 0. The molecule has 5 atom stereocenters. The third-order valence-corrected chi connectivity index (χ3v) is 5.80. The Morgan fingerprint density at radius 1 is 1.09 bits per heavy atom. The number of carbonyl (C=O) groups excluding carboxylic acids is 2. The molecule has 0 radical (unpaired) electrons. The molecule has 0 heterocycles. The minimum absolute atomic E-state index is 0.0492. The van der Waals surface area contributed by atoms with Crippen molar-refractivity contribution >= 4 is 12.0 Å². The molecule has 0 spiro atoms. The van der Waals surface area contributed by atoms with Crippen LogP contribution < -0.4 is 10.6 Å². The lowest BCUT2D eigenvalue weighted by atomic mass is 9.79. The average molecular weight is 322 g/mol. The fourth-order valence-corrected chi connectivity index (χ4v) is 5.11. The van der Waals surface area contributed by atoms with Crippen LogP contribution in [0.3, 0.4) is 0 Å². The van der Waals surface area contributed by atoms with E-state index in [1.807, 2.05) is 20.8 Å². The standard InChI is InChI=1S/C18H30N2O3/c1-18(2,3)23-17(22)19-8-7-16(21)20-15-10-11-9-14(15)13-6-4-5-12(11)13/h11-15H,4-10H2,1-3H3,(H,19,22)(H,20,21)/t11-,12+,13-,14+,15-/m1/s1. The highest BCUT2D eigenvalue weighted by Crippen LogP contribution is 2.58. The fraction of sp³-hybridized carbons (Fsp3) is 0.889. The van der Waals surface area contributed by atoms with Crippen molar-refractivity contribution in [3.8, 4) is 0 Å². The zero-order chi connectivity index (χ0) is 16.6. The summed E-state index contributed by atoms with van der Waals surface area (Å²) < 4.78 is 5.16. The van der Waals surface area contributed by atoms with Crippen molar-refractivity contribution in [1.29, 1.82) is 0 Å². The molecular weight excluding hydrogens is 292 g/mol. The Hall–Kier alpha value is -1.26. The van der Waals surface area contributed by atoms with Crippen LogP contribution in [0.4, 0.5) is 4.79 Å². The summed E-state index contributed by atoms with van der Waals surface area (Å²) in [6.07, 6.45) is 6.49. The number of rotatable bonds is 4. The summed E-state index contributed by atoms with van der Waals surface area (Å²) in [5.41, 5.74) is -0.507. The maximum Gasteiger partial charge on any atom is 0.407 e. The van der Waals surface area contributed by atoms with Gasteiger partial charge in [0.2, 0.25) is 5.91 Å². The van der Waals surface area contributed by atoms with Crippen molar-refractivity contribution < 1.29 is 14.3 Å². The van der Waals surface area contributed by atoms with E-state index in [1.165, 1.54) is 25.7 Å². The quantitative estimate of drug-likeness (QED) is 0.836. The maximum absolute atomic E-state index is 12.1. The molecule has 0 aromatic rings. The average Bonchev–Trinajstić information content (AvgIpc) is 3.07. The molecule has 0 unspecified atom stereocenters. The highest BCUT2D eigenvalue weighted by molar-refractivity contribution is 5.77. The van der Waals surface area contributed by atoms with Gasteiger partial charge in [0, 0.05) is 19.0 Å². The Morgan fingerprint density at radius 3 is 2.57 bits per heavy atom. The second kappa shape index (κ2) is 6.33. The van der Waals surface area contributed by atoms with E-state index in [-0.39, 0.29) is 5.91 Å². The van der Waals surface area contributed by atoms with E-state index in [2.05, 4.69) is 10.6 Å². The molecule has 5 heteroatoms. The Bertz CT molecular complexity index is 471. The van der Waals surface area contributed by atoms with Gasteiger partial charge in [-0.2, -0.15) is 0 Å². The minimum Gasteiger partial charge on any atom is -0.444 e. The summed E-state index contributed by atoms with van der Waals surface area (Å²) >= 11 is 0. The van der Waals surface area contributed by atoms with Crippen LogP contribution in [0.15, 0.2) is 0 Å². The zero-order valence-electron chi connectivity index (χ0n) is 14.6. The Kier molecular flexibility index (Phi) is 4.56. The van der Waals surface area contributed by atoms with E-state index in [1.54, 1.807) is 0 Å². The minimum atomic E-state index is -0.507. The highest BCUT2D eigenvalue weighted by atomic mass is 16.6. The Balaban J connectivity index is 1.37.